The van der Waals surface area contributed by atoms with Gasteiger partial charge in [-0.1, -0.05) is 24.3 Å². The third-order valence-corrected chi connectivity index (χ3v) is 9.73. The van der Waals surface area contributed by atoms with Gasteiger partial charge in [-0.05, 0) is 85.4 Å². The van der Waals surface area contributed by atoms with Crippen molar-refractivity contribution in [3.63, 3.8) is 0 Å². The highest BCUT2D eigenvalue weighted by atomic mass is 16.5. The van der Waals surface area contributed by atoms with Crippen LogP contribution in [0.2, 0.25) is 0 Å². The molecule has 4 heterocycles. The van der Waals surface area contributed by atoms with Gasteiger partial charge in [-0.3, -0.25) is 9.69 Å². The minimum absolute atomic E-state index is 0.190. The minimum Gasteiger partial charge on any atom is -0.488 e. The van der Waals surface area contributed by atoms with Crippen molar-refractivity contribution in [2.24, 2.45) is 11.3 Å². The zero-order valence-electron chi connectivity index (χ0n) is 23.9. The highest BCUT2D eigenvalue weighted by Crippen LogP contribution is 2.58. The number of carbonyl (C=O) groups is 1. The number of anilines is 1. The molecule has 41 heavy (non-hydrogen) atoms. The van der Waals surface area contributed by atoms with Gasteiger partial charge in [0, 0.05) is 57.2 Å². The lowest BCUT2D eigenvalue weighted by molar-refractivity contribution is -0.143. The van der Waals surface area contributed by atoms with E-state index >= 15 is 0 Å². The predicted octanol–water partition coefficient (Wildman–Crippen LogP) is 4.79. The number of carboxylic acids is 1. The van der Waals surface area contributed by atoms with Crippen LogP contribution in [0.3, 0.4) is 0 Å². The molecule has 1 N–H and O–H groups in total. The molecule has 4 aliphatic rings. The Hall–Kier alpha value is -3.49. The fraction of sp³-hybridized carbons (Fsp3) is 0.485. The maximum absolute atomic E-state index is 11.8. The molecular weight excluding hydrogens is 516 g/mol. The first-order valence-corrected chi connectivity index (χ1v) is 14.9. The zero-order chi connectivity index (χ0) is 28.1. The Morgan fingerprint density at radius 1 is 1.17 bits per heavy atom. The van der Waals surface area contributed by atoms with Crippen LogP contribution in [0.25, 0.3) is 11.3 Å². The largest absolute Gasteiger partial charge is 0.488 e. The lowest BCUT2D eigenvalue weighted by Gasteiger charge is -2.38. The van der Waals surface area contributed by atoms with Gasteiger partial charge in [-0.25, -0.2) is 9.97 Å². The summed E-state index contributed by atoms with van der Waals surface area (Å²) >= 11 is 0. The number of benzene rings is 2. The minimum atomic E-state index is -0.704. The van der Waals surface area contributed by atoms with E-state index in [0.717, 1.165) is 74.6 Å². The molecule has 2 atom stereocenters. The van der Waals surface area contributed by atoms with Gasteiger partial charge in [0.05, 0.1) is 11.1 Å². The second-order valence-electron chi connectivity index (χ2n) is 12.3. The molecule has 1 aromatic heterocycles. The van der Waals surface area contributed by atoms with Crippen molar-refractivity contribution >= 4 is 11.9 Å². The van der Waals surface area contributed by atoms with Gasteiger partial charge in [-0.2, -0.15) is 0 Å². The first kappa shape index (κ1) is 26.4. The Morgan fingerprint density at radius 3 is 2.83 bits per heavy atom. The number of ether oxygens (including phenoxy) is 2. The Kier molecular flexibility index (Phi) is 6.70. The second-order valence-corrected chi connectivity index (χ2v) is 12.3. The molecule has 0 spiro atoms. The van der Waals surface area contributed by atoms with Crippen molar-refractivity contribution < 1.29 is 19.4 Å². The quantitative estimate of drug-likeness (QED) is 0.446. The van der Waals surface area contributed by atoms with Gasteiger partial charge in [0.25, 0.3) is 0 Å². The number of carboxylic acid groups (broad SMARTS) is 1. The average molecular weight is 555 g/mol. The summed E-state index contributed by atoms with van der Waals surface area (Å²) in [6.07, 6.45) is 5.85. The summed E-state index contributed by atoms with van der Waals surface area (Å²) in [5, 5.41) is 9.69. The van der Waals surface area contributed by atoms with E-state index in [1.54, 1.807) is 6.20 Å². The highest BCUT2D eigenvalue weighted by Gasteiger charge is 2.65. The van der Waals surface area contributed by atoms with Crippen LogP contribution in [-0.2, 0) is 29.1 Å². The van der Waals surface area contributed by atoms with Crippen LogP contribution in [0, 0.1) is 25.2 Å². The molecule has 2 saturated heterocycles. The van der Waals surface area contributed by atoms with Crippen molar-refractivity contribution in [3.05, 3.63) is 70.4 Å². The van der Waals surface area contributed by atoms with E-state index in [2.05, 4.69) is 41.9 Å². The zero-order valence-corrected chi connectivity index (χ0v) is 23.9. The van der Waals surface area contributed by atoms with Gasteiger partial charge >= 0.3 is 5.97 Å². The van der Waals surface area contributed by atoms with Crippen LogP contribution < -0.4 is 9.64 Å². The summed E-state index contributed by atoms with van der Waals surface area (Å²) in [7, 11) is 0. The Bertz CT molecular complexity index is 1490. The van der Waals surface area contributed by atoms with Crippen LogP contribution in [0.5, 0.6) is 5.75 Å². The van der Waals surface area contributed by atoms with Crippen LogP contribution in [0.4, 0.5) is 5.95 Å². The summed E-state index contributed by atoms with van der Waals surface area (Å²) in [4.78, 5) is 25.8. The maximum Gasteiger partial charge on any atom is 0.311 e. The third-order valence-electron chi connectivity index (χ3n) is 9.73. The van der Waals surface area contributed by atoms with E-state index < -0.39 is 11.4 Å². The predicted molar refractivity (Wildman–Crippen MR) is 156 cm³/mol. The molecule has 1 saturated carbocycles. The lowest BCUT2D eigenvalue weighted by Crippen LogP contribution is -2.42. The van der Waals surface area contributed by atoms with Crippen LogP contribution in [0.15, 0.2) is 42.6 Å². The van der Waals surface area contributed by atoms with E-state index in [1.165, 1.54) is 22.3 Å². The molecule has 0 bridgehead atoms. The normalized spacial score (nSPS) is 24.1. The van der Waals surface area contributed by atoms with E-state index in [1.807, 2.05) is 23.1 Å². The summed E-state index contributed by atoms with van der Waals surface area (Å²) in [6.45, 7) is 9.83. The Labute approximate surface area is 241 Å². The highest BCUT2D eigenvalue weighted by molar-refractivity contribution is 5.81. The number of fused-ring (bicyclic) bond motifs is 2. The van der Waals surface area contributed by atoms with Crippen LogP contribution in [0.1, 0.15) is 47.1 Å². The molecule has 0 amide bonds. The van der Waals surface area contributed by atoms with Gasteiger partial charge in [0.15, 0.2) is 0 Å². The topological polar surface area (TPSA) is 88.0 Å². The fourth-order valence-corrected chi connectivity index (χ4v) is 7.23. The smallest absolute Gasteiger partial charge is 0.311 e. The molecule has 3 aromatic rings. The standard InChI is InChI=1S/C33H38N4O4/c1-21-4-3-5-27(29-6-10-34-32(35-29)37-17-25-16-33(25,20-37)31(38)39)30(21)41-19-23-14-22(2)28-18-36(11-7-24(28)15-23)26-8-12-40-13-9-26/h3-6,10,14-15,25-26H,7-9,11-13,16-20H2,1-2H3,(H,38,39)/t25-,33-/m0/s1. The first-order chi connectivity index (χ1) is 19.9. The van der Waals surface area contributed by atoms with Gasteiger partial charge in [-0.15, -0.1) is 0 Å². The van der Waals surface area contributed by atoms with Crippen LogP contribution in [-0.4, -0.2) is 64.8 Å². The molecule has 0 radical (unpaired) electrons. The molecule has 7 rings (SSSR count). The number of aromatic nitrogens is 2. The Balaban J connectivity index is 1.08. The van der Waals surface area contributed by atoms with Gasteiger partial charge in [0.2, 0.25) is 5.95 Å². The molecular formula is C33H38N4O4. The number of aliphatic carboxylic acids is 1. The molecule has 2 aromatic carbocycles. The number of hydrogen-bond donors (Lipinski definition) is 1. The summed E-state index contributed by atoms with van der Waals surface area (Å²) < 4.78 is 12.1. The molecule has 8 heteroatoms. The summed E-state index contributed by atoms with van der Waals surface area (Å²) in [6, 6.07) is 13.3. The molecule has 214 valence electrons. The van der Waals surface area contributed by atoms with Crippen molar-refractivity contribution in [2.45, 2.75) is 58.7 Å². The lowest BCUT2D eigenvalue weighted by atomic mass is 9.91. The van der Waals surface area contributed by atoms with Crippen molar-refractivity contribution in [1.82, 2.24) is 14.9 Å². The molecule has 8 nitrogen and oxygen atoms in total. The average Bonchev–Trinajstić information content (AvgIpc) is 3.57. The van der Waals surface area contributed by atoms with E-state index in [9.17, 15) is 9.90 Å². The number of hydrogen-bond acceptors (Lipinski definition) is 7. The van der Waals surface area contributed by atoms with Crippen molar-refractivity contribution in [2.75, 3.05) is 37.7 Å². The van der Waals surface area contributed by atoms with E-state index in [-0.39, 0.29) is 5.92 Å². The monoisotopic (exact) mass is 554 g/mol. The molecule has 3 aliphatic heterocycles. The summed E-state index contributed by atoms with van der Waals surface area (Å²) in [5.41, 5.74) is 7.59. The molecule has 1 aliphatic carbocycles. The van der Waals surface area contributed by atoms with Crippen molar-refractivity contribution in [1.29, 1.82) is 0 Å². The molecule has 0 unspecified atom stereocenters. The third kappa shape index (κ3) is 4.87. The first-order valence-electron chi connectivity index (χ1n) is 14.9. The van der Waals surface area contributed by atoms with E-state index in [4.69, 9.17) is 14.5 Å². The Morgan fingerprint density at radius 2 is 2.02 bits per heavy atom. The number of aryl methyl sites for hydroxylation is 2. The van der Waals surface area contributed by atoms with Crippen LogP contribution >= 0.6 is 0 Å². The van der Waals surface area contributed by atoms with E-state index in [0.29, 0.717) is 31.7 Å². The van der Waals surface area contributed by atoms with Gasteiger partial charge in [0.1, 0.15) is 12.4 Å². The van der Waals surface area contributed by atoms with Crippen molar-refractivity contribution in [3.8, 4) is 17.0 Å². The van der Waals surface area contributed by atoms with Gasteiger partial charge < -0.3 is 19.5 Å². The fourth-order valence-electron chi connectivity index (χ4n) is 7.23. The second kappa shape index (κ2) is 10.4. The SMILES string of the molecule is Cc1cc(COc2c(C)cccc2-c2ccnc(N3C[C@@H]4C[C@]4(C(=O)O)C3)n2)cc2c1CN(C1CCOCC1)CC2. The molecule has 3 fully saturated rings. The number of nitrogens with zero attached hydrogens (tertiary/aromatic N) is 4. The maximum atomic E-state index is 11.8. The number of para-hydroxylation sites is 1. The number of rotatable bonds is 7. The summed E-state index contributed by atoms with van der Waals surface area (Å²) in [5.74, 6) is 0.895. The number of piperidine rings is 1.